The van der Waals surface area contributed by atoms with Crippen molar-refractivity contribution in [2.75, 3.05) is 0 Å². The quantitative estimate of drug-likeness (QED) is 0.670. The molecule has 1 fully saturated rings. The minimum atomic E-state index is -0.338. The van der Waals surface area contributed by atoms with Crippen LogP contribution in [0.5, 0.6) is 0 Å². The molecule has 2 rings (SSSR count). The Balaban J connectivity index is 1.95. The largest absolute Gasteiger partial charge is 0.310 e. The number of hydrogen-bond acceptors (Lipinski definition) is 3. The van der Waals surface area contributed by atoms with Crippen LogP contribution in [0.3, 0.4) is 0 Å². The van der Waals surface area contributed by atoms with Gasteiger partial charge in [0.1, 0.15) is 0 Å². The molecule has 0 radical (unpaired) electrons. The second-order valence-electron chi connectivity index (χ2n) is 6.92. The summed E-state index contributed by atoms with van der Waals surface area (Å²) >= 11 is 0. The topological polar surface area (TPSA) is 55.2 Å². The number of nitro benzene ring substituents is 1. The van der Waals surface area contributed by atoms with Crippen molar-refractivity contribution >= 4 is 5.69 Å². The molecule has 0 saturated heterocycles. The second kappa shape index (κ2) is 5.92. The van der Waals surface area contributed by atoms with Crippen LogP contribution in [0.1, 0.15) is 45.6 Å². The minimum absolute atomic E-state index is 0.168. The van der Waals surface area contributed by atoms with Crippen LogP contribution < -0.4 is 5.32 Å². The Hall–Kier alpha value is -1.42. The molecule has 4 heteroatoms. The van der Waals surface area contributed by atoms with Crippen LogP contribution in [0.15, 0.2) is 24.3 Å². The van der Waals surface area contributed by atoms with Gasteiger partial charge in [-0.1, -0.05) is 32.9 Å². The van der Waals surface area contributed by atoms with Gasteiger partial charge in [-0.15, -0.1) is 0 Å². The summed E-state index contributed by atoms with van der Waals surface area (Å²) in [5.41, 5.74) is 1.54. The summed E-state index contributed by atoms with van der Waals surface area (Å²) in [6, 6.07) is 7.40. The Labute approximate surface area is 120 Å². The number of benzene rings is 1. The monoisotopic (exact) mass is 276 g/mol. The molecule has 0 aromatic heterocycles. The van der Waals surface area contributed by atoms with E-state index >= 15 is 0 Å². The molecule has 0 heterocycles. The van der Waals surface area contributed by atoms with E-state index in [0.29, 0.717) is 18.0 Å². The third-order valence-corrected chi connectivity index (χ3v) is 4.10. The van der Waals surface area contributed by atoms with E-state index < -0.39 is 0 Å². The highest BCUT2D eigenvalue weighted by Crippen LogP contribution is 2.38. The van der Waals surface area contributed by atoms with Crippen molar-refractivity contribution in [1.29, 1.82) is 0 Å². The van der Waals surface area contributed by atoms with Gasteiger partial charge in [0.15, 0.2) is 0 Å². The van der Waals surface area contributed by atoms with Gasteiger partial charge in [0, 0.05) is 24.7 Å². The standard InChI is InChI=1S/C16H24N2O2/c1-12-7-14(10-16(2,3)9-12)17-11-13-5-4-6-15(8-13)18(19)20/h4-6,8,12,14,17H,7,9-11H2,1-3H3. The lowest BCUT2D eigenvalue weighted by Crippen LogP contribution is -2.39. The smallest absolute Gasteiger partial charge is 0.269 e. The highest BCUT2D eigenvalue weighted by atomic mass is 16.6. The van der Waals surface area contributed by atoms with Gasteiger partial charge < -0.3 is 5.32 Å². The van der Waals surface area contributed by atoms with E-state index in [2.05, 4.69) is 26.1 Å². The summed E-state index contributed by atoms with van der Waals surface area (Å²) in [4.78, 5) is 10.4. The predicted molar refractivity (Wildman–Crippen MR) is 80.5 cm³/mol. The van der Waals surface area contributed by atoms with E-state index in [4.69, 9.17) is 0 Å². The summed E-state index contributed by atoms with van der Waals surface area (Å²) in [6.07, 6.45) is 3.65. The maximum atomic E-state index is 10.8. The van der Waals surface area contributed by atoms with Crippen molar-refractivity contribution < 1.29 is 4.92 Å². The van der Waals surface area contributed by atoms with Crippen molar-refractivity contribution in [2.24, 2.45) is 11.3 Å². The maximum Gasteiger partial charge on any atom is 0.269 e. The van der Waals surface area contributed by atoms with Crippen LogP contribution in [0.2, 0.25) is 0 Å². The molecule has 110 valence electrons. The van der Waals surface area contributed by atoms with E-state index in [1.54, 1.807) is 12.1 Å². The van der Waals surface area contributed by atoms with Gasteiger partial charge in [0.25, 0.3) is 5.69 Å². The van der Waals surface area contributed by atoms with Crippen LogP contribution in [0.4, 0.5) is 5.69 Å². The van der Waals surface area contributed by atoms with Gasteiger partial charge in [-0.05, 0) is 36.2 Å². The molecule has 1 aliphatic carbocycles. The molecule has 1 aromatic carbocycles. The highest BCUT2D eigenvalue weighted by molar-refractivity contribution is 5.34. The number of nitrogens with zero attached hydrogens (tertiary/aromatic N) is 1. The summed E-state index contributed by atoms with van der Waals surface area (Å²) in [5, 5.41) is 14.3. The van der Waals surface area contributed by atoms with Gasteiger partial charge >= 0.3 is 0 Å². The SMILES string of the molecule is CC1CC(NCc2cccc([N+](=O)[O-])c2)CC(C)(C)C1. The van der Waals surface area contributed by atoms with E-state index in [1.165, 1.54) is 25.3 Å². The Kier molecular flexibility index (Phi) is 4.43. The Morgan fingerprint density at radius 1 is 1.40 bits per heavy atom. The summed E-state index contributed by atoms with van der Waals surface area (Å²) in [5.74, 6) is 0.737. The fraction of sp³-hybridized carbons (Fsp3) is 0.625. The van der Waals surface area contributed by atoms with Crippen LogP contribution in [-0.2, 0) is 6.54 Å². The second-order valence-corrected chi connectivity index (χ2v) is 6.92. The van der Waals surface area contributed by atoms with Crippen LogP contribution in [0, 0.1) is 21.4 Å². The molecule has 0 spiro atoms. The van der Waals surface area contributed by atoms with Crippen LogP contribution in [0.25, 0.3) is 0 Å². The number of nitrogens with one attached hydrogen (secondary N) is 1. The van der Waals surface area contributed by atoms with Crippen molar-refractivity contribution in [3.05, 3.63) is 39.9 Å². The first kappa shape index (κ1) is 15.0. The van der Waals surface area contributed by atoms with Gasteiger partial charge in [-0.25, -0.2) is 0 Å². The molecule has 1 aliphatic rings. The third kappa shape index (κ3) is 4.04. The third-order valence-electron chi connectivity index (χ3n) is 4.10. The summed E-state index contributed by atoms with van der Waals surface area (Å²) < 4.78 is 0. The molecular weight excluding hydrogens is 252 g/mol. The first-order chi connectivity index (χ1) is 9.35. The fourth-order valence-corrected chi connectivity index (χ4v) is 3.54. The highest BCUT2D eigenvalue weighted by Gasteiger charge is 2.31. The number of rotatable bonds is 4. The van der Waals surface area contributed by atoms with Crippen molar-refractivity contribution in [3.8, 4) is 0 Å². The Morgan fingerprint density at radius 2 is 2.15 bits per heavy atom. The van der Waals surface area contributed by atoms with Gasteiger partial charge in [-0.3, -0.25) is 10.1 Å². The molecule has 4 nitrogen and oxygen atoms in total. The summed E-state index contributed by atoms with van der Waals surface area (Å²) in [7, 11) is 0. The van der Waals surface area contributed by atoms with Crippen LogP contribution >= 0.6 is 0 Å². The molecule has 1 aromatic rings. The van der Waals surface area contributed by atoms with E-state index in [0.717, 1.165) is 11.5 Å². The van der Waals surface area contributed by atoms with Crippen molar-refractivity contribution in [2.45, 2.75) is 52.6 Å². The molecule has 20 heavy (non-hydrogen) atoms. The number of hydrogen-bond donors (Lipinski definition) is 1. The average Bonchev–Trinajstić information content (AvgIpc) is 2.34. The normalized spacial score (nSPS) is 25.4. The zero-order chi connectivity index (χ0) is 14.8. The Morgan fingerprint density at radius 3 is 2.80 bits per heavy atom. The van der Waals surface area contributed by atoms with Gasteiger partial charge in [0.2, 0.25) is 0 Å². The lowest BCUT2D eigenvalue weighted by molar-refractivity contribution is -0.384. The fourth-order valence-electron chi connectivity index (χ4n) is 3.54. The van der Waals surface area contributed by atoms with Gasteiger partial charge in [-0.2, -0.15) is 0 Å². The lowest BCUT2D eigenvalue weighted by Gasteiger charge is -2.39. The maximum absolute atomic E-state index is 10.8. The molecule has 1 saturated carbocycles. The van der Waals surface area contributed by atoms with Crippen molar-refractivity contribution in [3.63, 3.8) is 0 Å². The molecule has 0 amide bonds. The molecule has 0 bridgehead atoms. The Bertz CT molecular complexity index is 485. The summed E-state index contributed by atoms with van der Waals surface area (Å²) in [6.45, 7) is 7.66. The average molecular weight is 276 g/mol. The van der Waals surface area contributed by atoms with E-state index in [1.807, 2.05) is 6.07 Å². The van der Waals surface area contributed by atoms with Crippen molar-refractivity contribution in [1.82, 2.24) is 5.32 Å². The van der Waals surface area contributed by atoms with E-state index in [9.17, 15) is 10.1 Å². The van der Waals surface area contributed by atoms with Crippen LogP contribution in [-0.4, -0.2) is 11.0 Å². The molecule has 1 N–H and O–H groups in total. The zero-order valence-electron chi connectivity index (χ0n) is 12.6. The molecule has 0 aliphatic heterocycles. The number of nitro groups is 1. The molecular formula is C16H24N2O2. The number of non-ortho nitro benzene ring substituents is 1. The zero-order valence-corrected chi connectivity index (χ0v) is 12.6. The van der Waals surface area contributed by atoms with Gasteiger partial charge in [0.05, 0.1) is 4.92 Å². The minimum Gasteiger partial charge on any atom is -0.310 e. The first-order valence-electron chi connectivity index (χ1n) is 7.32. The lowest BCUT2D eigenvalue weighted by atomic mass is 9.70. The first-order valence-corrected chi connectivity index (χ1v) is 7.32. The predicted octanol–water partition coefficient (Wildman–Crippen LogP) is 3.90. The molecule has 2 atom stereocenters. The van der Waals surface area contributed by atoms with E-state index in [-0.39, 0.29) is 10.6 Å². The molecule has 2 unspecified atom stereocenters.